The summed E-state index contributed by atoms with van der Waals surface area (Å²) in [6, 6.07) is 0. The maximum absolute atomic E-state index is 10.7. The summed E-state index contributed by atoms with van der Waals surface area (Å²) in [6.45, 7) is 2.82. The first kappa shape index (κ1) is 15.5. The van der Waals surface area contributed by atoms with E-state index in [-0.39, 0.29) is 5.96 Å². The molecule has 8 heteroatoms. The third-order valence-corrected chi connectivity index (χ3v) is 3.46. The fraction of sp³-hybridized carbons (Fsp3) is 0.875. The fourth-order valence-electron chi connectivity index (χ4n) is 1.01. The van der Waals surface area contributed by atoms with Crippen LogP contribution in [0.2, 0.25) is 0 Å². The van der Waals surface area contributed by atoms with Gasteiger partial charge in [0.1, 0.15) is 0 Å². The number of guanidine groups is 1. The summed E-state index contributed by atoms with van der Waals surface area (Å²) in [5.41, 5.74) is 0. The predicted molar refractivity (Wildman–Crippen MR) is 69.8 cm³/mol. The molecule has 0 saturated carbocycles. The van der Waals surface area contributed by atoms with Crippen LogP contribution in [0.15, 0.2) is 4.99 Å². The van der Waals surface area contributed by atoms with E-state index in [1.165, 1.54) is 7.05 Å². The van der Waals surface area contributed by atoms with E-state index >= 15 is 0 Å². The molecule has 0 aliphatic carbocycles. The molecular weight excluding hydrogens is 248 g/mol. The van der Waals surface area contributed by atoms with Crippen molar-refractivity contribution in [1.82, 2.24) is 10.0 Å². The summed E-state index contributed by atoms with van der Waals surface area (Å²) in [7, 11) is -2.25. The lowest BCUT2D eigenvalue weighted by Crippen LogP contribution is -2.44. The summed E-state index contributed by atoms with van der Waals surface area (Å²) in [5, 5.41) is 8.31. The summed E-state index contributed by atoms with van der Waals surface area (Å²) in [5.74, 6) is 0.180. The van der Waals surface area contributed by atoms with Crippen LogP contribution in [-0.4, -0.2) is 39.5 Å². The van der Waals surface area contributed by atoms with E-state index in [2.05, 4.69) is 28.2 Å². The van der Waals surface area contributed by atoms with Crippen molar-refractivity contribution in [2.24, 2.45) is 10.1 Å². The van der Waals surface area contributed by atoms with Gasteiger partial charge in [-0.3, -0.25) is 4.99 Å². The second kappa shape index (κ2) is 7.75. The zero-order valence-corrected chi connectivity index (χ0v) is 11.5. The SMILES string of the molecule is CN=C(NCCCC(C)SC)NS(N)(=O)=O. The summed E-state index contributed by atoms with van der Waals surface area (Å²) in [4.78, 5) is 3.74. The normalized spacial score (nSPS) is 14.6. The van der Waals surface area contributed by atoms with Crippen molar-refractivity contribution in [3.63, 3.8) is 0 Å². The molecule has 0 saturated heterocycles. The maximum Gasteiger partial charge on any atom is 0.298 e. The van der Waals surface area contributed by atoms with E-state index in [9.17, 15) is 8.42 Å². The standard InChI is InChI=1S/C8H20N4O2S2/c1-7(15-3)5-4-6-11-8(10-2)12-16(9,13)14/h7H,4-6H2,1-3H3,(H2,9,13,14)(H2,10,11,12). The summed E-state index contributed by atoms with van der Waals surface area (Å²) < 4.78 is 23.6. The van der Waals surface area contributed by atoms with Gasteiger partial charge < -0.3 is 5.32 Å². The van der Waals surface area contributed by atoms with Gasteiger partial charge in [-0.25, -0.2) is 9.86 Å². The Kier molecular flexibility index (Phi) is 7.52. The van der Waals surface area contributed by atoms with Crippen molar-refractivity contribution < 1.29 is 8.42 Å². The Balaban J connectivity index is 3.82. The fourth-order valence-corrected chi connectivity index (χ4v) is 1.85. The molecule has 1 atom stereocenters. The van der Waals surface area contributed by atoms with Gasteiger partial charge in [0.15, 0.2) is 0 Å². The molecule has 0 aromatic rings. The topological polar surface area (TPSA) is 96.6 Å². The Hall–Kier alpha value is -0.470. The highest BCUT2D eigenvalue weighted by molar-refractivity contribution is 7.99. The largest absolute Gasteiger partial charge is 0.356 e. The number of aliphatic imine (C=N–C) groups is 1. The first-order valence-electron chi connectivity index (χ1n) is 4.93. The molecule has 4 N–H and O–H groups in total. The molecule has 0 amide bonds. The van der Waals surface area contributed by atoms with Crippen molar-refractivity contribution >= 4 is 27.9 Å². The molecule has 0 aromatic heterocycles. The molecule has 16 heavy (non-hydrogen) atoms. The van der Waals surface area contributed by atoms with Crippen LogP contribution in [0.5, 0.6) is 0 Å². The van der Waals surface area contributed by atoms with Gasteiger partial charge in [0.25, 0.3) is 10.2 Å². The van der Waals surface area contributed by atoms with E-state index in [0.29, 0.717) is 11.8 Å². The molecule has 0 rings (SSSR count). The minimum absolute atomic E-state index is 0.180. The van der Waals surface area contributed by atoms with Crippen molar-refractivity contribution in [1.29, 1.82) is 0 Å². The van der Waals surface area contributed by atoms with Crippen LogP contribution in [0.1, 0.15) is 19.8 Å². The monoisotopic (exact) mass is 268 g/mol. The number of hydrogen-bond acceptors (Lipinski definition) is 4. The average Bonchev–Trinajstić information content (AvgIpc) is 2.20. The third kappa shape index (κ3) is 8.81. The molecule has 0 aliphatic heterocycles. The van der Waals surface area contributed by atoms with Crippen LogP contribution in [0.25, 0.3) is 0 Å². The number of thioether (sulfide) groups is 1. The second-order valence-corrected chi connectivity index (χ2v) is 5.90. The van der Waals surface area contributed by atoms with Crippen LogP contribution >= 0.6 is 11.8 Å². The molecule has 0 spiro atoms. The van der Waals surface area contributed by atoms with Crippen LogP contribution < -0.4 is 15.2 Å². The van der Waals surface area contributed by atoms with Gasteiger partial charge in [-0.15, -0.1) is 0 Å². The lowest BCUT2D eigenvalue weighted by Gasteiger charge is -2.11. The number of nitrogens with zero attached hydrogens (tertiary/aromatic N) is 1. The molecule has 0 bridgehead atoms. The van der Waals surface area contributed by atoms with E-state index in [0.717, 1.165) is 12.8 Å². The third-order valence-electron chi connectivity index (χ3n) is 1.94. The molecule has 0 aliphatic rings. The van der Waals surface area contributed by atoms with E-state index < -0.39 is 10.2 Å². The van der Waals surface area contributed by atoms with Gasteiger partial charge in [0.05, 0.1) is 0 Å². The quantitative estimate of drug-likeness (QED) is 0.356. The minimum Gasteiger partial charge on any atom is -0.356 e. The maximum atomic E-state index is 10.7. The Morgan fingerprint density at radius 2 is 2.19 bits per heavy atom. The molecule has 0 radical (unpaired) electrons. The second-order valence-electron chi connectivity index (χ2n) is 3.33. The Morgan fingerprint density at radius 1 is 1.56 bits per heavy atom. The van der Waals surface area contributed by atoms with E-state index in [1.54, 1.807) is 0 Å². The van der Waals surface area contributed by atoms with Crippen molar-refractivity contribution in [3.05, 3.63) is 0 Å². The molecule has 0 heterocycles. The molecule has 0 fully saturated rings. The Labute approximate surface area is 102 Å². The Morgan fingerprint density at radius 3 is 2.62 bits per heavy atom. The van der Waals surface area contributed by atoms with E-state index in [4.69, 9.17) is 5.14 Å². The van der Waals surface area contributed by atoms with Crippen molar-refractivity contribution in [2.75, 3.05) is 19.8 Å². The van der Waals surface area contributed by atoms with Crippen molar-refractivity contribution in [2.45, 2.75) is 25.0 Å². The highest BCUT2D eigenvalue weighted by Crippen LogP contribution is 2.10. The Bertz CT molecular complexity index is 316. The van der Waals surface area contributed by atoms with Crippen LogP contribution in [0.3, 0.4) is 0 Å². The summed E-state index contributed by atoms with van der Waals surface area (Å²) >= 11 is 1.81. The van der Waals surface area contributed by atoms with Crippen LogP contribution in [-0.2, 0) is 10.2 Å². The number of nitrogens with one attached hydrogen (secondary N) is 2. The van der Waals surface area contributed by atoms with Gasteiger partial charge in [-0.2, -0.15) is 20.2 Å². The van der Waals surface area contributed by atoms with Gasteiger partial charge in [0.2, 0.25) is 5.96 Å². The first-order valence-corrected chi connectivity index (χ1v) is 7.76. The first-order chi connectivity index (χ1) is 7.39. The molecule has 1 unspecified atom stereocenters. The lowest BCUT2D eigenvalue weighted by molar-refractivity contribution is 0.592. The van der Waals surface area contributed by atoms with Crippen molar-refractivity contribution in [3.8, 4) is 0 Å². The molecular formula is C8H20N4O2S2. The zero-order valence-electron chi connectivity index (χ0n) is 9.86. The lowest BCUT2D eigenvalue weighted by atomic mass is 10.2. The minimum atomic E-state index is -3.74. The molecule has 6 nitrogen and oxygen atoms in total. The van der Waals surface area contributed by atoms with Gasteiger partial charge in [0, 0.05) is 18.8 Å². The van der Waals surface area contributed by atoms with Gasteiger partial charge in [-0.05, 0) is 19.1 Å². The highest BCUT2D eigenvalue weighted by Gasteiger charge is 2.05. The number of hydrogen-bond donors (Lipinski definition) is 3. The predicted octanol–water partition coefficient (Wildman–Crippen LogP) is -0.113. The molecule has 0 aromatic carbocycles. The summed E-state index contributed by atoms with van der Waals surface area (Å²) in [6.07, 6.45) is 4.09. The number of rotatable bonds is 6. The molecule has 96 valence electrons. The van der Waals surface area contributed by atoms with Gasteiger partial charge >= 0.3 is 0 Å². The van der Waals surface area contributed by atoms with Gasteiger partial charge in [-0.1, -0.05) is 6.92 Å². The van der Waals surface area contributed by atoms with Crippen LogP contribution in [0.4, 0.5) is 0 Å². The zero-order chi connectivity index (χ0) is 12.6. The average molecular weight is 268 g/mol. The number of nitrogens with two attached hydrogens (primary N) is 1. The smallest absolute Gasteiger partial charge is 0.298 e. The van der Waals surface area contributed by atoms with E-state index in [1.807, 2.05) is 11.8 Å². The van der Waals surface area contributed by atoms with Crippen LogP contribution in [0, 0.1) is 0 Å². The highest BCUT2D eigenvalue weighted by atomic mass is 32.2.